The SMILES string of the molecule is Cl.NCCC(=O)NCC1CCCCN1C(=O)c1cc(F)cc(Br)c1. The summed E-state index contributed by atoms with van der Waals surface area (Å²) in [7, 11) is 0. The fourth-order valence-corrected chi connectivity index (χ4v) is 3.24. The van der Waals surface area contributed by atoms with Gasteiger partial charge in [0.1, 0.15) is 5.82 Å². The number of nitrogens with two attached hydrogens (primary N) is 1. The number of nitrogens with zero attached hydrogens (tertiary/aromatic N) is 1. The number of likely N-dealkylation sites (tertiary alicyclic amines) is 1. The van der Waals surface area contributed by atoms with E-state index in [-0.39, 0.29) is 36.7 Å². The first kappa shape index (κ1) is 20.9. The molecule has 0 spiro atoms. The number of carbonyl (C=O) groups is 2. The highest BCUT2D eigenvalue weighted by Crippen LogP contribution is 2.22. The Kier molecular flexibility index (Phi) is 8.66. The molecule has 1 atom stereocenters. The van der Waals surface area contributed by atoms with E-state index in [1.807, 2.05) is 0 Å². The van der Waals surface area contributed by atoms with Gasteiger partial charge in [0.25, 0.3) is 5.91 Å². The van der Waals surface area contributed by atoms with Crippen LogP contribution in [0.3, 0.4) is 0 Å². The summed E-state index contributed by atoms with van der Waals surface area (Å²) in [5.41, 5.74) is 5.67. The van der Waals surface area contributed by atoms with Crippen molar-refractivity contribution < 1.29 is 14.0 Å². The van der Waals surface area contributed by atoms with Crippen LogP contribution in [0.15, 0.2) is 22.7 Å². The van der Waals surface area contributed by atoms with Gasteiger partial charge in [0.05, 0.1) is 0 Å². The molecule has 0 radical (unpaired) electrons. The molecular weight excluding hydrogens is 401 g/mol. The highest BCUT2D eigenvalue weighted by Gasteiger charge is 2.28. The van der Waals surface area contributed by atoms with Gasteiger partial charge in [0.2, 0.25) is 5.91 Å². The van der Waals surface area contributed by atoms with Gasteiger partial charge in [-0.3, -0.25) is 9.59 Å². The van der Waals surface area contributed by atoms with Gasteiger partial charge in [-0.2, -0.15) is 0 Å². The quantitative estimate of drug-likeness (QED) is 0.765. The molecule has 2 rings (SSSR count). The number of hydrogen-bond donors (Lipinski definition) is 2. The first-order chi connectivity index (χ1) is 11.0. The van der Waals surface area contributed by atoms with Gasteiger partial charge in [0, 0.05) is 42.1 Å². The maximum absolute atomic E-state index is 13.5. The van der Waals surface area contributed by atoms with Crippen LogP contribution in [-0.4, -0.2) is 42.4 Å². The Morgan fingerprint density at radius 3 is 2.75 bits per heavy atom. The van der Waals surface area contributed by atoms with Gasteiger partial charge in [-0.05, 0) is 37.5 Å². The van der Waals surface area contributed by atoms with Crippen molar-refractivity contribution in [3.8, 4) is 0 Å². The lowest BCUT2D eigenvalue weighted by atomic mass is 10.0. The number of carbonyl (C=O) groups excluding carboxylic acids is 2. The highest BCUT2D eigenvalue weighted by molar-refractivity contribution is 9.10. The average Bonchev–Trinajstić information content (AvgIpc) is 2.52. The van der Waals surface area contributed by atoms with Crippen LogP contribution in [0, 0.1) is 5.82 Å². The van der Waals surface area contributed by atoms with Gasteiger partial charge in [-0.15, -0.1) is 12.4 Å². The number of rotatable bonds is 5. The summed E-state index contributed by atoms with van der Waals surface area (Å²) >= 11 is 3.21. The number of amides is 2. The third kappa shape index (κ3) is 5.72. The number of piperidine rings is 1. The predicted molar refractivity (Wildman–Crippen MR) is 96.7 cm³/mol. The largest absolute Gasteiger partial charge is 0.354 e. The van der Waals surface area contributed by atoms with E-state index in [2.05, 4.69) is 21.2 Å². The zero-order valence-corrected chi connectivity index (χ0v) is 15.7. The van der Waals surface area contributed by atoms with E-state index >= 15 is 0 Å². The second kappa shape index (κ2) is 9.96. The molecular formula is C16H22BrClFN3O2. The lowest BCUT2D eigenvalue weighted by molar-refractivity contribution is -0.121. The molecule has 134 valence electrons. The predicted octanol–water partition coefficient (Wildman–Crippen LogP) is 2.47. The average molecular weight is 423 g/mol. The Morgan fingerprint density at radius 2 is 2.08 bits per heavy atom. The van der Waals surface area contributed by atoms with Crippen LogP contribution >= 0.6 is 28.3 Å². The summed E-state index contributed by atoms with van der Waals surface area (Å²) in [5, 5.41) is 2.82. The van der Waals surface area contributed by atoms with Crippen molar-refractivity contribution in [1.82, 2.24) is 10.2 Å². The van der Waals surface area contributed by atoms with Crippen LogP contribution in [0.1, 0.15) is 36.0 Å². The van der Waals surface area contributed by atoms with E-state index in [9.17, 15) is 14.0 Å². The Balaban J connectivity index is 0.00000288. The highest BCUT2D eigenvalue weighted by atomic mass is 79.9. The van der Waals surface area contributed by atoms with Crippen molar-refractivity contribution >= 4 is 40.2 Å². The van der Waals surface area contributed by atoms with Gasteiger partial charge in [-0.25, -0.2) is 4.39 Å². The summed E-state index contributed by atoms with van der Waals surface area (Å²) in [5.74, 6) is -0.769. The molecule has 1 aromatic rings. The maximum Gasteiger partial charge on any atom is 0.254 e. The minimum absolute atomic E-state index is 0. The smallest absolute Gasteiger partial charge is 0.254 e. The monoisotopic (exact) mass is 421 g/mol. The topological polar surface area (TPSA) is 75.4 Å². The lowest BCUT2D eigenvalue weighted by Crippen LogP contribution is -2.49. The molecule has 1 aromatic carbocycles. The number of halogens is 3. The molecule has 5 nitrogen and oxygen atoms in total. The first-order valence-corrected chi connectivity index (χ1v) is 8.54. The summed E-state index contributed by atoms with van der Waals surface area (Å²) in [6.07, 6.45) is 3.02. The molecule has 1 heterocycles. The number of benzene rings is 1. The van der Waals surface area contributed by atoms with E-state index < -0.39 is 5.82 Å². The number of nitrogens with one attached hydrogen (secondary N) is 1. The van der Waals surface area contributed by atoms with E-state index in [0.29, 0.717) is 29.7 Å². The Bertz CT molecular complexity index is 568. The minimum atomic E-state index is -0.451. The van der Waals surface area contributed by atoms with E-state index in [1.165, 1.54) is 12.1 Å². The summed E-state index contributed by atoms with van der Waals surface area (Å²) in [6.45, 7) is 1.32. The van der Waals surface area contributed by atoms with Crippen molar-refractivity contribution in [3.05, 3.63) is 34.1 Å². The Labute approximate surface area is 155 Å². The summed E-state index contributed by atoms with van der Waals surface area (Å²) in [4.78, 5) is 26.0. The summed E-state index contributed by atoms with van der Waals surface area (Å²) < 4.78 is 14.1. The third-order valence-electron chi connectivity index (χ3n) is 3.90. The van der Waals surface area contributed by atoms with Crippen LogP contribution in [0.25, 0.3) is 0 Å². The van der Waals surface area contributed by atoms with Gasteiger partial charge >= 0.3 is 0 Å². The maximum atomic E-state index is 13.5. The Hall–Kier alpha value is -1.18. The molecule has 1 aliphatic rings. The van der Waals surface area contributed by atoms with Crippen LogP contribution in [0.4, 0.5) is 4.39 Å². The van der Waals surface area contributed by atoms with Crippen molar-refractivity contribution in [2.75, 3.05) is 19.6 Å². The van der Waals surface area contributed by atoms with Crippen molar-refractivity contribution in [3.63, 3.8) is 0 Å². The van der Waals surface area contributed by atoms with Crippen LogP contribution in [0.5, 0.6) is 0 Å². The molecule has 1 saturated heterocycles. The molecule has 8 heteroatoms. The lowest BCUT2D eigenvalue weighted by Gasteiger charge is -2.36. The van der Waals surface area contributed by atoms with Gasteiger partial charge < -0.3 is 16.0 Å². The fourth-order valence-electron chi connectivity index (χ4n) is 2.77. The molecule has 0 bridgehead atoms. The van der Waals surface area contributed by atoms with E-state index in [1.54, 1.807) is 11.0 Å². The molecule has 3 N–H and O–H groups in total. The molecule has 2 amide bonds. The normalized spacial score (nSPS) is 17.1. The second-order valence-corrected chi connectivity index (χ2v) is 6.56. The van der Waals surface area contributed by atoms with Gasteiger partial charge in [0.15, 0.2) is 0 Å². The van der Waals surface area contributed by atoms with Crippen LogP contribution < -0.4 is 11.1 Å². The standard InChI is InChI=1S/C16H21BrFN3O2.ClH/c17-12-7-11(8-13(18)9-12)16(23)21-6-2-1-3-14(21)10-20-15(22)4-5-19;/h7-9,14H,1-6,10,19H2,(H,20,22);1H. The third-order valence-corrected chi connectivity index (χ3v) is 4.36. The fraction of sp³-hybridized carbons (Fsp3) is 0.500. The number of hydrogen-bond acceptors (Lipinski definition) is 3. The zero-order chi connectivity index (χ0) is 16.8. The van der Waals surface area contributed by atoms with Crippen molar-refractivity contribution in [1.29, 1.82) is 0 Å². The van der Waals surface area contributed by atoms with Crippen molar-refractivity contribution in [2.24, 2.45) is 5.73 Å². The molecule has 1 fully saturated rings. The molecule has 0 aliphatic carbocycles. The van der Waals surface area contributed by atoms with Crippen LogP contribution in [-0.2, 0) is 4.79 Å². The molecule has 1 unspecified atom stereocenters. The van der Waals surface area contributed by atoms with E-state index in [0.717, 1.165) is 19.3 Å². The molecule has 24 heavy (non-hydrogen) atoms. The minimum Gasteiger partial charge on any atom is -0.354 e. The van der Waals surface area contributed by atoms with Crippen LogP contribution in [0.2, 0.25) is 0 Å². The summed E-state index contributed by atoms with van der Waals surface area (Å²) in [6, 6.07) is 4.10. The molecule has 0 aromatic heterocycles. The first-order valence-electron chi connectivity index (χ1n) is 7.75. The van der Waals surface area contributed by atoms with Crippen molar-refractivity contribution in [2.45, 2.75) is 31.7 Å². The zero-order valence-electron chi connectivity index (χ0n) is 13.3. The molecule has 1 aliphatic heterocycles. The van der Waals surface area contributed by atoms with Gasteiger partial charge in [-0.1, -0.05) is 15.9 Å². The van der Waals surface area contributed by atoms with E-state index in [4.69, 9.17) is 5.73 Å². The Morgan fingerprint density at radius 1 is 1.33 bits per heavy atom. The second-order valence-electron chi connectivity index (χ2n) is 5.65. The molecule has 0 saturated carbocycles.